The molecular weight excluding hydrogens is 487 g/mol. The molecule has 10 heteroatoms. The number of phosphoric ester groups is 1. The molecule has 2 saturated heterocycles. The average Bonchev–Trinajstić information content (AvgIpc) is 3.36. The summed E-state index contributed by atoms with van der Waals surface area (Å²) in [6, 6.07) is 18.6. The van der Waals surface area contributed by atoms with Gasteiger partial charge in [-0.25, -0.2) is 4.57 Å². The summed E-state index contributed by atoms with van der Waals surface area (Å²) in [6.07, 6.45) is -5.12. The monoisotopic (exact) mass is 520 g/mol. The lowest BCUT2D eigenvalue weighted by molar-refractivity contribution is -0.184. The number of aliphatic hydroxyl groups is 1. The van der Waals surface area contributed by atoms with Gasteiger partial charge in [0.25, 0.3) is 0 Å². The summed E-state index contributed by atoms with van der Waals surface area (Å²) in [5.41, 5.74) is 1.59. The Kier molecular flexibility index (Phi) is 7.15. The van der Waals surface area contributed by atoms with Crippen molar-refractivity contribution >= 4 is 7.82 Å². The van der Waals surface area contributed by atoms with Crippen molar-refractivity contribution in [1.29, 1.82) is 0 Å². The maximum absolute atomic E-state index is 14.0. The molecule has 1 saturated carbocycles. The summed E-state index contributed by atoms with van der Waals surface area (Å²) in [4.78, 5) is 0. The topological polar surface area (TPSA) is 102 Å². The van der Waals surface area contributed by atoms with Crippen molar-refractivity contribution < 1.29 is 42.2 Å². The summed E-state index contributed by atoms with van der Waals surface area (Å²) in [7, 11) is -4.21. The smallest absolute Gasteiger partial charge is 0.387 e. The molecule has 0 unspecified atom stereocenters. The molecule has 2 aliphatic heterocycles. The summed E-state index contributed by atoms with van der Waals surface area (Å²) in [5, 5.41) is 11.3. The van der Waals surface area contributed by atoms with Crippen LogP contribution in [0.15, 0.2) is 60.7 Å². The van der Waals surface area contributed by atoms with Crippen molar-refractivity contribution in [2.75, 3.05) is 0 Å². The van der Waals surface area contributed by atoms with E-state index in [1.807, 2.05) is 60.7 Å². The minimum absolute atomic E-state index is 0.00857. The Morgan fingerprint density at radius 3 is 1.64 bits per heavy atom. The second-order valence-corrected chi connectivity index (χ2v) is 11.8. The van der Waals surface area contributed by atoms with Crippen LogP contribution in [0.2, 0.25) is 0 Å². The molecule has 0 spiro atoms. The second kappa shape index (κ2) is 9.91. The van der Waals surface area contributed by atoms with Crippen LogP contribution in [0.4, 0.5) is 0 Å². The third-order valence-electron chi connectivity index (χ3n) is 6.36. The predicted molar refractivity (Wildman–Crippen MR) is 129 cm³/mol. The Labute approximate surface area is 211 Å². The van der Waals surface area contributed by atoms with Crippen molar-refractivity contribution in [2.24, 2.45) is 0 Å². The van der Waals surface area contributed by atoms with Gasteiger partial charge in [-0.1, -0.05) is 60.7 Å². The Balaban J connectivity index is 1.41. The highest BCUT2D eigenvalue weighted by Crippen LogP contribution is 2.56. The maximum atomic E-state index is 14.0. The molecule has 3 aliphatic rings. The van der Waals surface area contributed by atoms with Gasteiger partial charge in [0.2, 0.25) is 0 Å². The standard InChI is InChI=1S/C26H33O9P/c1-25(2)31-20-19(27)21(23-24(22(20)32-25)34-26(3,4)33-23)35-36(28,29-15-17-11-7-5-8-12-17)30-16-18-13-9-6-10-14-18/h5-14,19-24,27H,15-16H2,1-4H3/t19-,20-,21+,22+,23+,24-/m0/s1. The number of hydrogen-bond donors (Lipinski definition) is 1. The van der Waals surface area contributed by atoms with Crippen LogP contribution < -0.4 is 0 Å². The van der Waals surface area contributed by atoms with E-state index < -0.39 is 56.0 Å². The fourth-order valence-electron chi connectivity index (χ4n) is 4.87. The van der Waals surface area contributed by atoms with Crippen molar-refractivity contribution in [3.05, 3.63) is 71.8 Å². The first-order chi connectivity index (χ1) is 17.0. The summed E-state index contributed by atoms with van der Waals surface area (Å²) < 4.78 is 55.8. The zero-order valence-electron chi connectivity index (χ0n) is 20.8. The molecular formula is C26H33O9P. The Morgan fingerprint density at radius 1 is 0.722 bits per heavy atom. The van der Waals surface area contributed by atoms with Gasteiger partial charge in [0.15, 0.2) is 11.6 Å². The zero-order valence-corrected chi connectivity index (χ0v) is 21.7. The highest BCUT2D eigenvalue weighted by atomic mass is 31.2. The fraction of sp³-hybridized carbons (Fsp3) is 0.538. The molecule has 1 N–H and O–H groups in total. The lowest BCUT2D eigenvalue weighted by atomic mass is 9.85. The number of ether oxygens (including phenoxy) is 4. The van der Waals surface area contributed by atoms with Crippen molar-refractivity contribution in [3.63, 3.8) is 0 Å². The van der Waals surface area contributed by atoms with Gasteiger partial charge in [-0.3, -0.25) is 13.6 Å². The first-order valence-electron chi connectivity index (χ1n) is 12.1. The summed E-state index contributed by atoms with van der Waals surface area (Å²) >= 11 is 0. The lowest BCUT2D eigenvalue weighted by Crippen LogP contribution is -2.62. The Morgan fingerprint density at radius 2 is 1.14 bits per heavy atom. The van der Waals surface area contributed by atoms with Crippen molar-refractivity contribution in [2.45, 2.75) is 89.1 Å². The number of aliphatic hydroxyl groups excluding tert-OH is 1. The van der Waals surface area contributed by atoms with Gasteiger partial charge >= 0.3 is 7.82 Å². The predicted octanol–water partition coefficient (Wildman–Crippen LogP) is 4.33. The molecule has 9 nitrogen and oxygen atoms in total. The van der Waals surface area contributed by atoms with Crippen molar-refractivity contribution in [3.8, 4) is 0 Å². The second-order valence-electron chi connectivity index (χ2n) is 10.2. The highest BCUT2D eigenvalue weighted by molar-refractivity contribution is 7.48. The molecule has 2 aromatic carbocycles. The molecule has 196 valence electrons. The third kappa shape index (κ3) is 5.60. The molecule has 0 bridgehead atoms. The third-order valence-corrected chi connectivity index (χ3v) is 7.76. The maximum Gasteiger partial charge on any atom is 0.475 e. The van der Waals surface area contributed by atoms with Gasteiger partial charge in [-0.2, -0.15) is 0 Å². The van der Waals surface area contributed by atoms with Crippen LogP contribution in [0.5, 0.6) is 0 Å². The first-order valence-corrected chi connectivity index (χ1v) is 13.5. The van der Waals surface area contributed by atoms with Crippen LogP contribution in [-0.4, -0.2) is 53.3 Å². The van der Waals surface area contributed by atoms with E-state index in [0.717, 1.165) is 11.1 Å². The summed E-state index contributed by atoms with van der Waals surface area (Å²) in [6.45, 7) is 7.04. The Bertz CT molecular complexity index is 1030. The molecule has 0 amide bonds. The largest absolute Gasteiger partial charge is 0.475 e. The van der Waals surface area contributed by atoms with E-state index >= 15 is 0 Å². The minimum atomic E-state index is -4.21. The van der Waals surface area contributed by atoms with Gasteiger partial charge in [0.1, 0.15) is 36.6 Å². The molecule has 36 heavy (non-hydrogen) atoms. The minimum Gasteiger partial charge on any atom is -0.387 e. The highest BCUT2D eigenvalue weighted by Gasteiger charge is 2.64. The van der Waals surface area contributed by atoms with E-state index in [1.165, 1.54) is 0 Å². The fourth-order valence-corrected chi connectivity index (χ4v) is 6.22. The molecule has 0 radical (unpaired) electrons. The van der Waals surface area contributed by atoms with Gasteiger partial charge in [0.05, 0.1) is 13.2 Å². The van der Waals surface area contributed by atoms with Gasteiger partial charge < -0.3 is 24.1 Å². The average molecular weight is 521 g/mol. The van der Waals surface area contributed by atoms with Gasteiger partial charge in [-0.05, 0) is 38.8 Å². The van der Waals surface area contributed by atoms with Crippen LogP contribution in [0.3, 0.4) is 0 Å². The van der Waals surface area contributed by atoms with Crippen LogP contribution in [0, 0.1) is 0 Å². The number of benzene rings is 2. The molecule has 3 fully saturated rings. The Hall–Kier alpha value is -1.65. The molecule has 2 heterocycles. The van der Waals surface area contributed by atoms with E-state index in [9.17, 15) is 9.67 Å². The molecule has 1 aliphatic carbocycles. The van der Waals surface area contributed by atoms with Crippen molar-refractivity contribution in [1.82, 2.24) is 0 Å². The van der Waals surface area contributed by atoms with E-state index in [1.54, 1.807) is 27.7 Å². The van der Waals surface area contributed by atoms with E-state index in [-0.39, 0.29) is 13.2 Å². The molecule has 0 aromatic heterocycles. The van der Waals surface area contributed by atoms with Gasteiger partial charge in [-0.15, -0.1) is 0 Å². The molecule has 5 rings (SSSR count). The van der Waals surface area contributed by atoms with E-state index in [0.29, 0.717) is 0 Å². The zero-order chi connectivity index (χ0) is 25.6. The van der Waals surface area contributed by atoms with Gasteiger partial charge in [0, 0.05) is 0 Å². The van der Waals surface area contributed by atoms with Crippen LogP contribution in [-0.2, 0) is 50.3 Å². The SMILES string of the molecule is CC1(C)O[C@@H]2[C@H](O1)[C@H](OP(=O)(OCc1ccccc1)OCc1ccccc1)[C@@H](O)[C@@H]1OC(C)(C)O[C@@H]21. The lowest BCUT2D eigenvalue weighted by Gasteiger charge is -2.41. The number of fused-ring (bicyclic) bond motifs is 3. The number of rotatable bonds is 8. The number of hydrogen-bond acceptors (Lipinski definition) is 9. The molecule has 2 aromatic rings. The summed E-state index contributed by atoms with van der Waals surface area (Å²) in [5.74, 6) is -1.91. The first kappa shape index (κ1) is 26.0. The van der Waals surface area contributed by atoms with Crippen LogP contribution in [0.1, 0.15) is 38.8 Å². The molecule has 6 atom stereocenters. The van der Waals surface area contributed by atoms with E-state index in [4.69, 9.17) is 32.5 Å². The quantitative estimate of drug-likeness (QED) is 0.510. The number of phosphoric acid groups is 1. The van der Waals surface area contributed by atoms with Crippen LogP contribution in [0.25, 0.3) is 0 Å². The van der Waals surface area contributed by atoms with E-state index in [2.05, 4.69) is 0 Å². The normalized spacial score (nSPS) is 32.7. The van der Waals surface area contributed by atoms with Crippen LogP contribution >= 0.6 is 7.82 Å².